The lowest BCUT2D eigenvalue weighted by Crippen LogP contribution is -2.20. The molecule has 0 saturated heterocycles. The Balaban J connectivity index is 2.16. The zero-order chi connectivity index (χ0) is 11.8. The van der Waals surface area contributed by atoms with Crippen LogP contribution in [0.4, 0.5) is 11.4 Å². The molecule has 0 N–H and O–H groups in total. The van der Waals surface area contributed by atoms with Crippen molar-refractivity contribution >= 4 is 28.9 Å². The van der Waals surface area contributed by atoms with E-state index in [1.54, 1.807) is 11.0 Å². The van der Waals surface area contributed by atoms with Crippen LogP contribution in [-0.4, -0.2) is 5.91 Å². The Bertz CT molecular complexity index is 594. The van der Waals surface area contributed by atoms with Crippen LogP contribution in [0.15, 0.2) is 48.5 Å². The maximum absolute atomic E-state index is 12.1. The maximum Gasteiger partial charge on any atom is 0.236 e. The summed E-state index contributed by atoms with van der Waals surface area (Å²) in [6.45, 7) is 0. The third kappa shape index (κ3) is 1.61. The van der Waals surface area contributed by atoms with Crippen molar-refractivity contribution in [3.8, 4) is 0 Å². The molecule has 0 atom stereocenters. The van der Waals surface area contributed by atoms with E-state index in [9.17, 15) is 4.79 Å². The molecule has 0 saturated carbocycles. The molecule has 0 unspecified atom stereocenters. The number of para-hydroxylation sites is 2. The summed E-state index contributed by atoms with van der Waals surface area (Å²) in [5, 5.41) is 0.595. The topological polar surface area (TPSA) is 20.3 Å². The van der Waals surface area contributed by atoms with Gasteiger partial charge in [0.05, 0.1) is 22.8 Å². The second-order valence-electron chi connectivity index (χ2n) is 3.99. The predicted molar refractivity (Wildman–Crippen MR) is 68.7 cm³/mol. The van der Waals surface area contributed by atoms with Gasteiger partial charge in [-0.05, 0) is 23.8 Å². The van der Waals surface area contributed by atoms with Gasteiger partial charge >= 0.3 is 0 Å². The van der Waals surface area contributed by atoms with Gasteiger partial charge < -0.3 is 0 Å². The summed E-state index contributed by atoms with van der Waals surface area (Å²) < 4.78 is 0. The van der Waals surface area contributed by atoms with Crippen LogP contribution in [0, 0.1) is 0 Å². The van der Waals surface area contributed by atoms with Crippen molar-refractivity contribution in [1.82, 2.24) is 0 Å². The number of amides is 1. The third-order valence-electron chi connectivity index (χ3n) is 2.92. The summed E-state index contributed by atoms with van der Waals surface area (Å²) in [5.74, 6) is 0.0688. The Labute approximate surface area is 104 Å². The SMILES string of the molecule is O=C1Cc2ccccc2N1c1ccccc1Cl. The Kier molecular flexibility index (Phi) is 2.37. The Morgan fingerprint density at radius 3 is 2.35 bits per heavy atom. The van der Waals surface area contributed by atoms with E-state index in [0.29, 0.717) is 11.4 Å². The molecule has 3 rings (SSSR count). The minimum absolute atomic E-state index is 0.0688. The molecule has 84 valence electrons. The van der Waals surface area contributed by atoms with Gasteiger partial charge in [-0.25, -0.2) is 0 Å². The lowest BCUT2D eigenvalue weighted by atomic mass is 10.2. The maximum atomic E-state index is 12.1. The highest BCUT2D eigenvalue weighted by Gasteiger charge is 2.28. The molecule has 0 fully saturated rings. The van der Waals surface area contributed by atoms with Gasteiger partial charge in [-0.2, -0.15) is 0 Å². The quantitative estimate of drug-likeness (QED) is 0.750. The molecule has 0 spiro atoms. The van der Waals surface area contributed by atoms with E-state index in [1.165, 1.54) is 0 Å². The molecular weight excluding hydrogens is 234 g/mol. The second kappa shape index (κ2) is 3.90. The van der Waals surface area contributed by atoms with E-state index in [1.807, 2.05) is 42.5 Å². The minimum atomic E-state index is 0.0688. The van der Waals surface area contributed by atoms with Crippen LogP contribution in [0.5, 0.6) is 0 Å². The number of benzene rings is 2. The highest BCUT2D eigenvalue weighted by molar-refractivity contribution is 6.34. The largest absolute Gasteiger partial charge is 0.279 e. The summed E-state index contributed by atoms with van der Waals surface area (Å²) >= 11 is 6.14. The summed E-state index contributed by atoms with van der Waals surface area (Å²) in [6.07, 6.45) is 0.446. The van der Waals surface area contributed by atoms with E-state index >= 15 is 0 Å². The summed E-state index contributed by atoms with van der Waals surface area (Å²) in [5.41, 5.74) is 2.74. The van der Waals surface area contributed by atoms with Crippen molar-refractivity contribution in [3.05, 3.63) is 59.1 Å². The van der Waals surface area contributed by atoms with Gasteiger partial charge in [-0.15, -0.1) is 0 Å². The fourth-order valence-corrected chi connectivity index (χ4v) is 2.37. The van der Waals surface area contributed by atoms with Gasteiger partial charge in [0, 0.05) is 0 Å². The van der Waals surface area contributed by atoms with Gasteiger partial charge in [0.15, 0.2) is 0 Å². The summed E-state index contributed by atoms with van der Waals surface area (Å²) in [6, 6.07) is 15.2. The molecule has 1 amide bonds. The first kappa shape index (κ1) is 10.4. The second-order valence-corrected chi connectivity index (χ2v) is 4.39. The van der Waals surface area contributed by atoms with E-state index in [-0.39, 0.29) is 5.91 Å². The lowest BCUT2D eigenvalue weighted by Gasteiger charge is -2.18. The van der Waals surface area contributed by atoms with Crippen LogP contribution >= 0.6 is 11.6 Å². The van der Waals surface area contributed by atoms with Crippen LogP contribution in [0.3, 0.4) is 0 Å². The number of carbonyl (C=O) groups excluding carboxylic acids is 1. The summed E-state index contributed by atoms with van der Waals surface area (Å²) in [4.78, 5) is 13.7. The molecule has 3 heteroatoms. The van der Waals surface area contributed by atoms with E-state index in [0.717, 1.165) is 16.9 Å². The Morgan fingerprint density at radius 2 is 1.59 bits per heavy atom. The lowest BCUT2D eigenvalue weighted by molar-refractivity contribution is -0.116. The number of hydrogen-bond acceptors (Lipinski definition) is 1. The first-order valence-electron chi connectivity index (χ1n) is 5.43. The molecule has 1 aliphatic heterocycles. The van der Waals surface area contributed by atoms with E-state index in [2.05, 4.69) is 0 Å². The van der Waals surface area contributed by atoms with E-state index < -0.39 is 0 Å². The number of fused-ring (bicyclic) bond motifs is 1. The number of carbonyl (C=O) groups is 1. The molecule has 0 aliphatic carbocycles. The smallest absolute Gasteiger partial charge is 0.236 e. The minimum Gasteiger partial charge on any atom is -0.279 e. The van der Waals surface area contributed by atoms with Crippen molar-refractivity contribution in [1.29, 1.82) is 0 Å². The average molecular weight is 244 g/mol. The van der Waals surface area contributed by atoms with Crippen molar-refractivity contribution in [2.45, 2.75) is 6.42 Å². The van der Waals surface area contributed by atoms with Gasteiger partial charge in [0.1, 0.15) is 0 Å². The molecule has 2 aromatic carbocycles. The molecule has 0 radical (unpaired) electrons. The molecule has 17 heavy (non-hydrogen) atoms. The van der Waals surface area contributed by atoms with E-state index in [4.69, 9.17) is 11.6 Å². The van der Waals surface area contributed by atoms with Crippen molar-refractivity contribution < 1.29 is 4.79 Å². The fraction of sp³-hybridized carbons (Fsp3) is 0.0714. The zero-order valence-electron chi connectivity index (χ0n) is 9.06. The van der Waals surface area contributed by atoms with Crippen LogP contribution in [0.2, 0.25) is 5.02 Å². The number of anilines is 2. The zero-order valence-corrected chi connectivity index (χ0v) is 9.82. The summed E-state index contributed by atoms with van der Waals surface area (Å²) in [7, 11) is 0. The van der Waals surface area contributed by atoms with Gasteiger partial charge in [-0.3, -0.25) is 9.69 Å². The van der Waals surface area contributed by atoms with Crippen molar-refractivity contribution in [3.63, 3.8) is 0 Å². The molecule has 1 aliphatic rings. The fourth-order valence-electron chi connectivity index (χ4n) is 2.15. The van der Waals surface area contributed by atoms with Crippen LogP contribution in [-0.2, 0) is 11.2 Å². The Hall–Kier alpha value is -1.80. The monoisotopic (exact) mass is 243 g/mol. The average Bonchev–Trinajstić information content (AvgIpc) is 2.66. The van der Waals surface area contributed by atoms with Crippen LogP contribution in [0.25, 0.3) is 0 Å². The molecule has 0 aromatic heterocycles. The third-order valence-corrected chi connectivity index (χ3v) is 3.24. The van der Waals surface area contributed by atoms with Gasteiger partial charge in [0.2, 0.25) is 5.91 Å². The van der Waals surface area contributed by atoms with Crippen LogP contribution in [0.1, 0.15) is 5.56 Å². The number of rotatable bonds is 1. The number of halogens is 1. The number of nitrogens with zero attached hydrogens (tertiary/aromatic N) is 1. The van der Waals surface area contributed by atoms with Crippen molar-refractivity contribution in [2.24, 2.45) is 0 Å². The predicted octanol–water partition coefficient (Wildman–Crippen LogP) is 3.56. The molecular formula is C14H10ClNO. The highest BCUT2D eigenvalue weighted by atomic mass is 35.5. The molecule has 2 nitrogen and oxygen atoms in total. The molecule has 2 aromatic rings. The van der Waals surface area contributed by atoms with Crippen molar-refractivity contribution in [2.75, 3.05) is 4.90 Å². The highest BCUT2D eigenvalue weighted by Crippen LogP contribution is 2.38. The molecule has 1 heterocycles. The first-order valence-corrected chi connectivity index (χ1v) is 5.80. The van der Waals surface area contributed by atoms with Gasteiger partial charge in [0.25, 0.3) is 0 Å². The van der Waals surface area contributed by atoms with Gasteiger partial charge in [-0.1, -0.05) is 41.9 Å². The Morgan fingerprint density at radius 1 is 0.941 bits per heavy atom. The normalized spacial score (nSPS) is 13.9. The molecule has 0 bridgehead atoms. The first-order chi connectivity index (χ1) is 8.27. The standard InChI is InChI=1S/C14H10ClNO/c15-11-6-2-4-8-13(11)16-12-7-3-1-5-10(12)9-14(16)17/h1-8H,9H2. The van der Waals surface area contributed by atoms with Crippen LogP contribution < -0.4 is 4.90 Å². The number of hydrogen-bond donors (Lipinski definition) is 0.